The van der Waals surface area contributed by atoms with E-state index in [2.05, 4.69) is 34.9 Å². The molecule has 0 spiro atoms. The molecular formula is C19H27AtN2O4. The van der Waals surface area contributed by atoms with Crippen molar-refractivity contribution in [3.63, 3.8) is 0 Å². The number of benzene rings is 1. The molecule has 0 heterocycles. The van der Waals surface area contributed by atoms with E-state index in [9.17, 15) is 14.4 Å². The summed E-state index contributed by atoms with van der Waals surface area (Å²) in [6.07, 6.45) is 4.32. The van der Waals surface area contributed by atoms with E-state index in [1.807, 2.05) is 6.92 Å². The summed E-state index contributed by atoms with van der Waals surface area (Å²) in [6, 6.07) is 7.03. The summed E-state index contributed by atoms with van der Waals surface area (Å²) in [5, 5.41) is 14.0. The number of carboxylic acids is 1. The average molecular weight is 558 g/mol. The normalized spacial score (nSPS) is 11.6. The average Bonchev–Trinajstić information content (AvgIpc) is 2.60. The minimum Gasteiger partial charge on any atom is -0.480 e. The molecule has 1 aromatic rings. The smallest absolute Gasteiger partial charge is 0.326 e. The van der Waals surface area contributed by atoms with E-state index in [1.165, 1.54) is 8.83 Å². The third-order valence-corrected chi connectivity index (χ3v) is 4.91. The summed E-state index contributed by atoms with van der Waals surface area (Å²) >= 11 is 1.65. The van der Waals surface area contributed by atoms with Gasteiger partial charge in [-0.2, -0.15) is 0 Å². The van der Waals surface area contributed by atoms with Crippen LogP contribution in [0.3, 0.4) is 0 Å². The van der Waals surface area contributed by atoms with Crippen molar-refractivity contribution in [1.82, 2.24) is 10.6 Å². The zero-order valence-corrected chi connectivity index (χ0v) is 18.0. The van der Waals surface area contributed by atoms with Crippen LogP contribution in [-0.2, 0) is 16.0 Å². The molecule has 0 unspecified atom stereocenters. The number of ketones is 1. The van der Waals surface area contributed by atoms with Gasteiger partial charge < -0.3 is 10.4 Å². The van der Waals surface area contributed by atoms with Crippen molar-refractivity contribution >= 4 is 21.1 Å². The SMILES string of the molecule is CCC[C@H](NC(=O)NCCCC(=O)CCCc1ccc([211At])cc1)C(=O)O. The zero-order chi connectivity index (χ0) is 19.4. The van der Waals surface area contributed by atoms with Crippen molar-refractivity contribution < 1.29 is 44.2 Å². The Balaban J connectivity index is 2.12. The molecule has 0 radical (unpaired) electrons. The van der Waals surface area contributed by atoms with Crippen molar-refractivity contribution in [2.45, 2.75) is 57.9 Å². The van der Waals surface area contributed by atoms with Gasteiger partial charge in [0.15, 0.2) is 0 Å². The maximum Gasteiger partial charge on any atom is 0.326 e. The van der Waals surface area contributed by atoms with Crippen LogP contribution in [0.2, 0.25) is 0 Å². The first-order valence-electron chi connectivity index (χ1n) is 8.95. The molecule has 1 aromatic carbocycles. The number of rotatable bonds is 12. The third-order valence-electron chi connectivity index (χ3n) is 3.93. The van der Waals surface area contributed by atoms with E-state index >= 15 is 0 Å². The molecule has 3 N–H and O–H groups in total. The molecule has 0 saturated heterocycles. The molecule has 1 rings (SSSR count). The van der Waals surface area contributed by atoms with Gasteiger partial charge in [0.25, 0.3) is 0 Å². The van der Waals surface area contributed by atoms with E-state index in [0.717, 1.165) is 12.8 Å². The molecule has 1 atom stereocenters. The van der Waals surface area contributed by atoms with Gasteiger partial charge in [0, 0.05) is 0 Å². The number of urea groups is 1. The number of Topliss-reactive ketones (excluding diaryl/α,β-unsaturated/α-hetero) is 1. The molecule has 144 valence electrons. The first-order chi connectivity index (χ1) is 12.4. The van der Waals surface area contributed by atoms with E-state index in [-0.39, 0.29) is 5.78 Å². The second-order valence-electron chi connectivity index (χ2n) is 6.20. The fourth-order valence-corrected chi connectivity index (χ4v) is 3.00. The fraction of sp³-hybridized carbons (Fsp3) is 0.526. The molecule has 0 aliphatic heterocycles. The van der Waals surface area contributed by atoms with E-state index in [0.29, 0.717) is 38.6 Å². The predicted molar refractivity (Wildman–Crippen MR) is 96.1 cm³/mol. The molecular weight excluding hydrogens is 531 g/mol. The van der Waals surface area contributed by atoms with Crippen LogP contribution >= 0.6 is 0 Å². The molecule has 7 heteroatoms. The van der Waals surface area contributed by atoms with Crippen molar-refractivity contribution in [1.29, 1.82) is 0 Å². The third kappa shape index (κ3) is 9.86. The maximum absolute atomic E-state index is 11.9. The van der Waals surface area contributed by atoms with Crippen molar-refractivity contribution in [3.05, 3.63) is 29.8 Å². The number of aryl methyl sites for hydroxylation is 1. The Kier molecular flexibility index (Phi) is 11.1. The molecule has 26 heavy (non-hydrogen) atoms. The van der Waals surface area contributed by atoms with Crippen LogP contribution in [0, 0.1) is 24.7 Å². The van der Waals surface area contributed by atoms with Crippen LogP contribution in [0.4, 0.5) is 4.79 Å². The van der Waals surface area contributed by atoms with E-state index in [4.69, 9.17) is 5.11 Å². The van der Waals surface area contributed by atoms with Crippen molar-refractivity contribution in [3.8, 4) is 0 Å². The first kappa shape index (κ1) is 22.6. The summed E-state index contributed by atoms with van der Waals surface area (Å²) in [5.41, 5.74) is 1.25. The minimum absolute atomic E-state index is 0.191. The number of nitrogens with one attached hydrogen (secondary N) is 2. The quantitative estimate of drug-likeness (QED) is 0.343. The number of carboxylic acid groups (broad SMARTS) is 1. The Bertz CT molecular complexity index is 590. The number of hydrogen-bond donors (Lipinski definition) is 3. The van der Waals surface area contributed by atoms with E-state index in [1.54, 1.807) is 24.7 Å². The fourth-order valence-electron chi connectivity index (χ4n) is 2.51. The van der Waals surface area contributed by atoms with Crippen LogP contribution in [-0.4, -0.2) is 35.5 Å². The first-order valence-corrected chi connectivity index (χ1v) is 10.4. The molecule has 2 amide bonds. The molecule has 0 fully saturated rings. The maximum atomic E-state index is 11.9. The Hall–Kier alpha value is -1.49. The topological polar surface area (TPSA) is 95.5 Å². The monoisotopic (exact) mass is 558 g/mol. The molecule has 0 aliphatic carbocycles. The van der Waals surface area contributed by atoms with Crippen LogP contribution in [0.1, 0.15) is 51.0 Å². The molecule has 0 aromatic heterocycles. The van der Waals surface area contributed by atoms with Crippen LogP contribution < -0.4 is 13.9 Å². The summed E-state index contributed by atoms with van der Waals surface area (Å²) in [4.78, 5) is 34.5. The van der Waals surface area contributed by atoms with Gasteiger partial charge >= 0.3 is 124 Å². The minimum atomic E-state index is -1.04. The van der Waals surface area contributed by atoms with Gasteiger partial charge in [-0.3, -0.25) is 0 Å². The van der Waals surface area contributed by atoms with Gasteiger partial charge in [-0.15, -0.1) is 0 Å². The second-order valence-corrected chi connectivity index (χ2v) is 7.90. The van der Waals surface area contributed by atoms with E-state index < -0.39 is 18.0 Å². The van der Waals surface area contributed by atoms with Crippen molar-refractivity contribution in [2.75, 3.05) is 6.54 Å². The Labute approximate surface area is 170 Å². The zero-order valence-electron chi connectivity index (χ0n) is 15.1. The summed E-state index contributed by atoms with van der Waals surface area (Å²) < 4.78 is 1.28. The largest absolute Gasteiger partial charge is 0.480 e. The van der Waals surface area contributed by atoms with Crippen LogP contribution in [0.25, 0.3) is 0 Å². The number of aliphatic carboxylic acids is 1. The molecule has 0 aliphatic rings. The van der Waals surface area contributed by atoms with Gasteiger partial charge in [0.1, 0.15) is 6.04 Å². The molecule has 0 bridgehead atoms. The molecule has 6 nitrogen and oxygen atoms in total. The van der Waals surface area contributed by atoms with Gasteiger partial charge in [-0.05, 0) is 6.42 Å². The number of carbonyl (C=O) groups is 3. The van der Waals surface area contributed by atoms with Crippen LogP contribution in [0.5, 0.6) is 0 Å². The summed E-state index contributed by atoms with van der Waals surface area (Å²) in [5.74, 6) is -0.844. The number of amides is 2. The Morgan fingerprint density at radius 3 is 2.38 bits per heavy atom. The van der Waals surface area contributed by atoms with Gasteiger partial charge in [0.2, 0.25) is 0 Å². The van der Waals surface area contributed by atoms with Gasteiger partial charge in [-0.25, -0.2) is 9.59 Å². The summed E-state index contributed by atoms with van der Waals surface area (Å²) in [6.45, 7) is 2.22. The van der Waals surface area contributed by atoms with Gasteiger partial charge in [-0.1, -0.05) is 13.3 Å². The molecule has 0 saturated carbocycles. The second kappa shape index (κ2) is 12.8. The van der Waals surface area contributed by atoms with Crippen LogP contribution in [0.15, 0.2) is 24.3 Å². The van der Waals surface area contributed by atoms with Gasteiger partial charge in [0.05, 0.1) is 0 Å². The summed E-state index contributed by atoms with van der Waals surface area (Å²) in [7, 11) is 0. The number of hydrogen-bond acceptors (Lipinski definition) is 3. The Morgan fingerprint density at radius 2 is 1.77 bits per heavy atom. The predicted octanol–water partition coefficient (Wildman–Crippen LogP) is 2.09. The Morgan fingerprint density at radius 1 is 1.12 bits per heavy atom. The number of carbonyl (C=O) groups excluding carboxylic acids is 2. The standard InChI is InChI=1S/C19H27AtN2O4/c1-2-5-17(18(24)25)22-19(26)21-13-4-8-16(23)7-3-6-14-9-11-15(20)12-10-14/h9-12,17H,2-8,13H2,1H3,(H,24,25)(H2,21,22,26)/t17-/m0/s1/i20+1. The van der Waals surface area contributed by atoms with Crippen molar-refractivity contribution in [2.24, 2.45) is 0 Å².